The van der Waals surface area contributed by atoms with Crippen LogP contribution in [0.4, 0.5) is 8.78 Å². The first-order valence-electron chi connectivity index (χ1n) is 10.3. The molecule has 1 heterocycles. The molecule has 0 aromatic heterocycles. The van der Waals surface area contributed by atoms with Gasteiger partial charge in [0.2, 0.25) is 5.91 Å². The van der Waals surface area contributed by atoms with Crippen LogP contribution in [0, 0.1) is 23.5 Å². The number of halogens is 2. The van der Waals surface area contributed by atoms with Gasteiger partial charge in [0.1, 0.15) is 23.2 Å². The van der Waals surface area contributed by atoms with Gasteiger partial charge in [-0.25, -0.2) is 8.78 Å². The van der Waals surface area contributed by atoms with Crippen molar-refractivity contribution in [3.05, 3.63) is 35.4 Å². The number of nitrogens with one attached hydrogen (secondary N) is 2. The highest BCUT2D eigenvalue weighted by Crippen LogP contribution is 2.23. The van der Waals surface area contributed by atoms with E-state index in [2.05, 4.69) is 36.3 Å². The Morgan fingerprint density at radius 1 is 1.24 bits per heavy atom. The SMILES string of the molecule is CC1CCCN(C(C)(C)CNC(=O)C(NC(=O)c2c(F)cccc2F)C(C)C)C1. The minimum Gasteiger partial charge on any atom is -0.352 e. The van der Waals surface area contributed by atoms with Crippen molar-refractivity contribution >= 4 is 11.8 Å². The first-order valence-corrected chi connectivity index (χ1v) is 10.3. The van der Waals surface area contributed by atoms with Gasteiger partial charge in [0.05, 0.1) is 0 Å². The largest absolute Gasteiger partial charge is 0.352 e. The number of amides is 2. The van der Waals surface area contributed by atoms with Gasteiger partial charge in [-0.3, -0.25) is 14.5 Å². The van der Waals surface area contributed by atoms with Crippen LogP contribution < -0.4 is 10.6 Å². The molecule has 7 heteroatoms. The molecule has 1 saturated heterocycles. The molecule has 0 spiro atoms. The summed E-state index contributed by atoms with van der Waals surface area (Å²) in [5, 5.41) is 5.41. The lowest BCUT2D eigenvalue weighted by molar-refractivity contribution is -0.124. The van der Waals surface area contributed by atoms with Crippen LogP contribution in [0.15, 0.2) is 18.2 Å². The summed E-state index contributed by atoms with van der Waals surface area (Å²) in [7, 11) is 0. The molecule has 0 aliphatic carbocycles. The van der Waals surface area contributed by atoms with Gasteiger partial charge in [-0.1, -0.05) is 26.8 Å². The molecule has 0 bridgehead atoms. The maximum atomic E-state index is 13.9. The summed E-state index contributed by atoms with van der Waals surface area (Å²) in [6, 6.07) is 2.34. The van der Waals surface area contributed by atoms with E-state index in [1.165, 1.54) is 12.5 Å². The van der Waals surface area contributed by atoms with Crippen molar-refractivity contribution < 1.29 is 18.4 Å². The Morgan fingerprint density at radius 3 is 2.41 bits per heavy atom. The van der Waals surface area contributed by atoms with Gasteiger partial charge in [-0.2, -0.15) is 0 Å². The Balaban J connectivity index is 2.03. The van der Waals surface area contributed by atoms with Crippen molar-refractivity contribution in [1.29, 1.82) is 0 Å². The number of benzene rings is 1. The summed E-state index contributed by atoms with van der Waals surface area (Å²) in [4.78, 5) is 27.6. The standard InChI is InChI=1S/C22H33F2N3O2/c1-14(2)19(26-20(28)18-16(23)9-6-10-17(18)24)21(29)25-13-22(4,5)27-11-7-8-15(3)12-27/h6,9-10,14-15,19H,7-8,11-13H2,1-5H3,(H,25,29)(H,26,28). The fraction of sp³-hybridized carbons (Fsp3) is 0.636. The first-order chi connectivity index (χ1) is 13.5. The van der Waals surface area contributed by atoms with E-state index in [0.29, 0.717) is 12.5 Å². The quantitative estimate of drug-likeness (QED) is 0.726. The number of nitrogens with zero attached hydrogens (tertiary/aromatic N) is 1. The Kier molecular flexibility index (Phi) is 7.74. The van der Waals surface area contributed by atoms with Gasteiger partial charge in [-0.15, -0.1) is 0 Å². The second-order valence-corrected chi connectivity index (χ2v) is 9.02. The number of hydrogen-bond donors (Lipinski definition) is 2. The topological polar surface area (TPSA) is 61.4 Å². The summed E-state index contributed by atoms with van der Waals surface area (Å²) >= 11 is 0. The number of piperidine rings is 1. The molecule has 29 heavy (non-hydrogen) atoms. The summed E-state index contributed by atoms with van der Waals surface area (Å²) in [5.41, 5.74) is -0.901. The predicted molar refractivity (Wildman–Crippen MR) is 110 cm³/mol. The van der Waals surface area contributed by atoms with Crippen LogP contribution in [-0.4, -0.2) is 47.9 Å². The van der Waals surface area contributed by atoms with Gasteiger partial charge >= 0.3 is 0 Å². The van der Waals surface area contributed by atoms with Gasteiger partial charge in [-0.05, 0) is 57.2 Å². The predicted octanol–water partition coefficient (Wildman–Crippen LogP) is 3.35. The molecule has 162 valence electrons. The van der Waals surface area contributed by atoms with Crippen molar-refractivity contribution in [2.45, 2.75) is 59.0 Å². The van der Waals surface area contributed by atoms with Gasteiger partial charge < -0.3 is 10.6 Å². The molecule has 5 nitrogen and oxygen atoms in total. The van der Waals surface area contributed by atoms with Crippen molar-refractivity contribution in [1.82, 2.24) is 15.5 Å². The molecule has 2 N–H and O–H groups in total. The maximum Gasteiger partial charge on any atom is 0.257 e. The molecule has 1 aromatic carbocycles. The molecule has 2 unspecified atom stereocenters. The van der Waals surface area contributed by atoms with Crippen molar-refractivity contribution in [2.75, 3.05) is 19.6 Å². The van der Waals surface area contributed by atoms with Crippen LogP contribution in [0.25, 0.3) is 0 Å². The molecule has 2 rings (SSSR count). The number of carbonyl (C=O) groups excluding carboxylic acids is 2. The molecule has 1 aromatic rings. The molecule has 1 fully saturated rings. The minimum absolute atomic E-state index is 0.229. The van der Waals surface area contributed by atoms with Crippen molar-refractivity contribution in [3.8, 4) is 0 Å². The van der Waals surface area contributed by atoms with E-state index in [1.54, 1.807) is 13.8 Å². The summed E-state index contributed by atoms with van der Waals surface area (Å²) in [5.74, 6) is -2.82. The third-order valence-electron chi connectivity index (χ3n) is 5.63. The zero-order chi connectivity index (χ0) is 21.8. The molecule has 2 atom stereocenters. The fourth-order valence-corrected chi connectivity index (χ4v) is 3.73. The number of carbonyl (C=O) groups is 2. The number of hydrogen-bond acceptors (Lipinski definition) is 3. The van der Waals surface area contributed by atoms with Crippen LogP contribution in [0.1, 0.15) is 57.8 Å². The third kappa shape index (κ3) is 5.98. The van der Waals surface area contributed by atoms with E-state index in [-0.39, 0.29) is 17.4 Å². The van der Waals surface area contributed by atoms with Crippen molar-refractivity contribution in [2.24, 2.45) is 11.8 Å². The monoisotopic (exact) mass is 409 g/mol. The van der Waals surface area contributed by atoms with Gasteiger partial charge in [0.15, 0.2) is 0 Å². The molecular formula is C22H33F2N3O2. The molecule has 1 aliphatic rings. The average molecular weight is 410 g/mol. The molecule has 1 aliphatic heterocycles. The minimum atomic E-state index is -0.953. The number of rotatable bonds is 7. The smallest absolute Gasteiger partial charge is 0.257 e. The van der Waals surface area contributed by atoms with Crippen LogP contribution in [0.5, 0.6) is 0 Å². The molecular weight excluding hydrogens is 376 g/mol. The summed E-state index contributed by atoms with van der Waals surface area (Å²) in [6.07, 6.45) is 2.35. The third-order valence-corrected chi connectivity index (χ3v) is 5.63. The van der Waals surface area contributed by atoms with E-state index in [1.807, 2.05) is 0 Å². The lowest BCUT2D eigenvalue weighted by Gasteiger charge is -2.43. The van der Waals surface area contributed by atoms with Crippen LogP contribution in [-0.2, 0) is 4.79 Å². The van der Waals surface area contributed by atoms with Crippen LogP contribution in [0.2, 0.25) is 0 Å². The van der Waals surface area contributed by atoms with E-state index in [4.69, 9.17) is 0 Å². The Bertz CT molecular complexity index is 717. The summed E-state index contributed by atoms with van der Waals surface area (Å²) < 4.78 is 27.8. The highest BCUT2D eigenvalue weighted by molar-refractivity contribution is 5.98. The molecule has 0 radical (unpaired) electrons. The van der Waals surface area contributed by atoms with E-state index < -0.39 is 29.1 Å². The second kappa shape index (κ2) is 9.65. The van der Waals surface area contributed by atoms with Crippen LogP contribution >= 0.6 is 0 Å². The Hall–Kier alpha value is -2.02. The molecule has 0 saturated carbocycles. The van der Waals surface area contributed by atoms with Gasteiger partial charge in [0.25, 0.3) is 5.91 Å². The zero-order valence-electron chi connectivity index (χ0n) is 18.0. The first kappa shape index (κ1) is 23.3. The molecule has 2 amide bonds. The van der Waals surface area contributed by atoms with E-state index in [0.717, 1.165) is 31.6 Å². The number of likely N-dealkylation sites (tertiary alicyclic amines) is 1. The fourth-order valence-electron chi connectivity index (χ4n) is 3.73. The zero-order valence-corrected chi connectivity index (χ0v) is 18.0. The lowest BCUT2D eigenvalue weighted by Crippen LogP contribution is -2.57. The van der Waals surface area contributed by atoms with Crippen LogP contribution in [0.3, 0.4) is 0 Å². The van der Waals surface area contributed by atoms with Crippen molar-refractivity contribution in [3.63, 3.8) is 0 Å². The lowest BCUT2D eigenvalue weighted by atomic mass is 9.93. The Morgan fingerprint density at radius 2 is 1.86 bits per heavy atom. The Labute approximate surface area is 172 Å². The summed E-state index contributed by atoms with van der Waals surface area (Å²) in [6.45, 7) is 12.4. The highest BCUT2D eigenvalue weighted by Gasteiger charge is 2.32. The maximum absolute atomic E-state index is 13.9. The second-order valence-electron chi connectivity index (χ2n) is 9.02. The highest BCUT2D eigenvalue weighted by atomic mass is 19.1. The van der Waals surface area contributed by atoms with E-state index in [9.17, 15) is 18.4 Å². The van der Waals surface area contributed by atoms with Gasteiger partial charge in [0, 0.05) is 18.6 Å². The average Bonchev–Trinajstić information content (AvgIpc) is 2.64. The normalized spacial score (nSPS) is 19.1. The van der Waals surface area contributed by atoms with E-state index >= 15 is 0 Å².